The first-order valence-electron chi connectivity index (χ1n) is 5.68. The lowest BCUT2D eigenvalue weighted by molar-refractivity contribution is 0.306. The number of nitrogens with two attached hydrogens (primary N) is 1. The fourth-order valence-electron chi connectivity index (χ4n) is 1.63. The number of hydrogen-bond acceptors (Lipinski definition) is 5. The van der Waals surface area contributed by atoms with Crippen LogP contribution in [-0.4, -0.2) is 24.6 Å². The van der Waals surface area contributed by atoms with Crippen molar-refractivity contribution in [2.75, 3.05) is 25.4 Å². The van der Waals surface area contributed by atoms with E-state index in [1.807, 2.05) is 31.2 Å². The minimum absolute atomic E-state index is 0.202. The molecule has 18 heavy (non-hydrogen) atoms. The topological polar surface area (TPSA) is 86.1 Å². The summed E-state index contributed by atoms with van der Waals surface area (Å²) in [5, 5.41) is 17.4. The molecule has 0 atom stereocenters. The van der Waals surface area contributed by atoms with Gasteiger partial charge in [0, 0.05) is 17.8 Å². The second-order valence-electron chi connectivity index (χ2n) is 3.76. The van der Waals surface area contributed by atoms with Crippen molar-refractivity contribution in [1.82, 2.24) is 4.90 Å². The molecule has 5 nitrogen and oxygen atoms in total. The van der Waals surface area contributed by atoms with Crippen molar-refractivity contribution in [2.45, 2.75) is 13.5 Å². The maximum absolute atomic E-state index is 8.71. The lowest BCUT2D eigenvalue weighted by Crippen LogP contribution is -2.24. The van der Waals surface area contributed by atoms with Gasteiger partial charge in [0.25, 0.3) is 0 Å². The molecular formula is C13H16N4O. The summed E-state index contributed by atoms with van der Waals surface area (Å²) in [6.45, 7) is 3.35. The van der Waals surface area contributed by atoms with E-state index in [4.69, 9.17) is 21.0 Å². The Hall–Kier alpha value is -2.24. The number of benzene rings is 1. The van der Waals surface area contributed by atoms with Gasteiger partial charge in [0.1, 0.15) is 5.75 Å². The number of anilines is 1. The summed E-state index contributed by atoms with van der Waals surface area (Å²) in [5.41, 5.74) is 7.28. The van der Waals surface area contributed by atoms with Crippen LogP contribution in [0.2, 0.25) is 0 Å². The maximum Gasteiger partial charge on any atom is 0.123 e. The van der Waals surface area contributed by atoms with Gasteiger partial charge < -0.3 is 10.5 Å². The highest BCUT2D eigenvalue weighted by Crippen LogP contribution is 2.23. The lowest BCUT2D eigenvalue weighted by Gasteiger charge is -2.18. The molecule has 0 aliphatic rings. The van der Waals surface area contributed by atoms with Crippen molar-refractivity contribution in [3.8, 4) is 17.9 Å². The molecule has 0 aliphatic heterocycles. The normalized spacial score (nSPS) is 9.78. The monoisotopic (exact) mass is 244 g/mol. The molecule has 0 heterocycles. The summed E-state index contributed by atoms with van der Waals surface area (Å²) in [7, 11) is 0. The first kappa shape index (κ1) is 13.8. The van der Waals surface area contributed by atoms with E-state index in [1.54, 1.807) is 11.0 Å². The molecule has 0 aromatic heterocycles. The van der Waals surface area contributed by atoms with Crippen LogP contribution in [0.5, 0.6) is 5.75 Å². The molecule has 0 saturated heterocycles. The molecular weight excluding hydrogens is 228 g/mol. The average molecular weight is 244 g/mol. The van der Waals surface area contributed by atoms with Crippen molar-refractivity contribution < 1.29 is 4.74 Å². The summed E-state index contributed by atoms with van der Waals surface area (Å²) < 4.78 is 5.50. The number of nitrogen functional groups attached to an aromatic ring is 1. The number of rotatable bonds is 6. The van der Waals surface area contributed by atoms with Crippen LogP contribution in [0, 0.1) is 22.7 Å². The van der Waals surface area contributed by atoms with Gasteiger partial charge in [-0.15, -0.1) is 0 Å². The van der Waals surface area contributed by atoms with Crippen LogP contribution < -0.4 is 10.5 Å². The van der Waals surface area contributed by atoms with Gasteiger partial charge >= 0.3 is 0 Å². The summed E-state index contributed by atoms with van der Waals surface area (Å²) in [6, 6.07) is 9.48. The zero-order valence-electron chi connectivity index (χ0n) is 10.4. The van der Waals surface area contributed by atoms with Gasteiger partial charge in [-0.3, -0.25) is 4.90 Å². The van der Waals surface area contributed by atoms with E-state index in [1.165, 1.54) is 0 Å². The molecule has 2 N–H and O–H groups in total. The number of nitrogens with zero attached hydrogens (tertiary/aromatic N) is 3. The Labute approximate surface area is 107 Å². The van der Waals surface area contributed by atoms with Gasteiger partial charge in [0.15, 0.2) is 0 Å². The molecule has 1 rings (SSSR count). The second kappa shape index (κ2) is 7.16. The van der Waals surface area contributed by atoms with Crippen LogP contribution in [0.25, 0.3) is 0 Å². The molecule has 94 valence electrons. The lowest BCUT2D eigenvalue weighted by atomic mass is 10.1. The van der Waals surface area contributed by atoms with E-state index in [0.29, 0.717) is 18.8 Å². The molecule has 0 radical (unpaired) electrons. The molecule has 1 aromatic carbocycles. The zero-order valence-corrected chi connectivity index (χ0v) is 10.4. The standard InChI is InChI=1S/C13H16N4O/c1-2-18-13-4-3-12(16)9-11(13)10-17(7-5-14)8-6-15/h3-4,9H,2,7-8,10,16H2,1H3. The number of hydrogen-bond donors (Lipinski definition) is 1. The summed E-state index contributed by atoms with van der Waals surface area (Å²) in [6.07, 6.45) is 0. The summed E-state index contributed by atoms with van der Waals surface area (Å²) in [4.78, 5) is 1.73. The van der Waals surface area contributed by atoms with Gasteiger partial charge in [0.2, 0.25) is 0 Å². The van der Waals surface area contributed by atoms with Crippen molar-refractivity contribution in [3.05, 3.63) is 23.8 Å². The highest BCUT2D eigenvalue weighted by atomic mass is 16.5. The minimum Gasteiger partial charge on any atom is -0.494 e. The van der Waals surface area contributed by atoms with Gasteiger partial charge in [0.05, 0.1) is 31.8 Å². The van der Waals surface area contributed by atoms with Crippen LogP contribution in [-0.2, 0) is 6.54 Å². The Morgan fingerprint density at radius 2 is 1.94 bits per heavy atom. The molecule has 5 heteroatoms. The second-order valence-corrected chi connectivity index (χ2v) is 3.76. The predicted molar refractivity (Wildman–Crippen MR) is 68.5 cm³/mol. The van der Waals surface area contributed by atoms with Crippen molar-refractivity contribution >= 4 is 5.69 Å². The van der Waals surface area contributed by atoms with Crippen LogP contribution in [0.4, 0.5) is 5.69 Å². The van der Waals surface area contributed by atoms with Gasteiger partial charge in [-0.1, -0.05) is 0 Å². The fourth-order valence-corrected chi connectivity index (χ4v) is 1.63. The molecule has 0 amide bonds. The van der Waals surface area contributed by atoms with Crippen LogP contribution in [0.15, 0.2) is 18.2 Å². The first-order valence-corrected chi connectivity index (χ1v) is 5.68. The SMILES string of the molecule is CCOc1ccc(N)cc1CN(CC#N)CC#N. The van der Waals surface area contributed by atoms with E-state index >= 15 is 0 Å². The molecule has 0 fully saturated rings. The molecule has 0 unspecified atom stereocenters. The summed E-state index contributed by atoms with van der Waals surface area (Å²) >= 11 is 0. The molecule has 0 aliphatic carbocycles. The highest BCUT2D eigenvalue weighted by Gasteiger charge is 2.10. The molecule has 1 aromatic rings. The van der Waals surface area contributed by atoms with E-state index in [0.717, 1.165) is 11.3 Å². The van der Waals surface area contributed by atoms with Gasteiger partial charge in [-0.25, -0.2) is 0 Å². The molecule has 0 saturated carbocycles. The van der Waals surface area contributed by atoms with Crippen molar-refractivity contribution in [1.29, 1.82) is 10.5 Å². The number of nitriles is 2. The van der Waals surface area contributed by atoms with Crippen LogP contribution in [0.1, 0.15) is 12.5 Å². The van der Waals surface area contributed by atoms with Gasteiger partial charge in [-0.05, 0) is 25.1 Å². The quantitative estimate of drug-likeness (QED) is 0.605. The number of ether oxygens (including phenoxy) is 1. The highest BCUT2D eigenvalue weighted by molar-refractivity contribution is 5.47. The Morgan fingerprint density at radius 3 is 2.50 bits per heavy atom. The van der Waals surface area contributed by atoms with Crippen molar-refractivity contribution in [2.24, 2.45) is 0 Å². The zero-order chi connectivity index (χ0) is 13.4. The van der Waals surface area contributed by atoms with E-state index in [-0.39, 0.29) is 13.1 Å². The smallest absolute Gasteiger partial charge is 0.123 e. The minimum atomic E-state index is 0.202. The largest absolute Gasteiger partial charge is 0.494 e. The van der Waals surface area contributed by atoms with E-state index in [9.17, 15) is 0 Å². The third-order valence-corrected chi connectivity index (χ3v) is 2.37. The Bertz CT molecular complexity index is 457. The third-order valence-electron chi connectivity index (χ3n) is 2.37. The predicted octanol–water partition coefficient (Wildman–Crippen LogP) is 1.52. The Kier molecular flexibility index (Phi) is 5.50. The van der Waals surface area contributed by atoms with Gasteiger partial charge in [-0.2, -0.15) is 10.5 Å². The fraction of sp³-hybridized carbons (Fsp3) is 0.385. The van der Waals surface area contributed by atoms with Crippen LogP contribution in [0.3, 0.4) is 0 Å². The molecule has 0 spiro atoms. The first-order chi connectivity index (χ1) is 8.71. The van der Waals surface area contributed by atoms with Crippen LogP contribution >= 0.6 is 0 Å². The van der Waals surface area contributed by atoms with E-state index in [2.05, 4.69) is 0 Å². The third kappa shape index (κ3) is 3.97. The van der Waals surface area contributed by atoms with E-state index < -0.39 is 0 Å². The molecule has 0 bridgehead atoms. The summed E-state index contributed by atoms with van der Waals surface area (Å²) in [5.74, 6) is 0.743. The van der Waals surface area contributed by atoms with Crippen molar-refractivity contribution in [3.63, 3.8) is 0 Å². The Balaban J connectivity index is 2.89. The maximum atomic E-state index is 8.71. The average Bonchev–Trinajstić information content (AvgIpc) is 2.33. The Morgan fingerprint density at radius 1 is 1.28 bits per heavy atom.